The normalized spacial score (nSPS) is 15.5. The van der Waals surface area contributed by atoms with Gasteiger partial charge in [-0.15, -0.1) is 0 Å². The lowest BCUT2D eigenvalue weighted by molar-refractivity contribution is -0.142. The van der Waals surface area contributed by atoms with E-state index in [9.17, 15) is 29.4 Å². The van der Waals surface area contributed by atoms with Crippen LogP contribution in [0.3, 0.4) is 0 Å². The lowest BCUT2D eigenvalue weighted by Crippen LogP contribution is -2.57. The molecule has 35 heavy (non-hydrogen) atoms. The molecule has 0 saturated carbocycles. The highest BCUT2D eigenvalue weighted by molar-refractivity contribution is 7.98. The van der Waals surface area contributed by atoms with E-state index in [1.54, 1.807) is 6.20 Å². The molecule has 11 nitrogen and oxygen atoms in total. The number of fused-ring (bicyclic) bond motifs is 1. The molecule has 5 atom stereocenters. The minimum absolute atomic E-state index is 0.0510. The van der Waals surface area contributed by atoms with Gasteiger partial charge in [0.1, 0.15) is 24.2 Å². The van der Waals surface area contributed by atoms with Crippen molar-refractivity contribution in [3.63, 3.8) is 0 Å². The van der Waals surface area contributed by atoms with Crippen LogP contribution in [-0.4, -0.2) is 81.2 Å². The first-order valence-electron chi connectivity index (χ1n) is 11.2. The van der Waals surface area contributed by atoms with Crippen LogP contribution in [0.15, 0.2) is 30.5 Å². The van der Waals surface area contributed by atoms with Crippen molar-refractivity contribution in [3.05, 3.63) is 36.0 Å². The second-order valence-electron chi connectivity index (χ2n) is 8.30. The number of para-hydroxylation sites is 1. The van der Waals surface area contributed by atoms with Crippen LogP contribution >= 0.6 is 11.8 Å². The zero-order chi connectivity index (χ0) is 26.1. The second kappa shape index (κ2) is 13.1. The third kappa shape index (κ3) is 7.98. The molecule has 0 aliphatic rings. The van der Waals surface area contributed by atoms with Crippen molar-refractivity contribution in [1.29, 1.82) is 0 Å². The summed E-state index contributed by atoms with van der Waals surface area (Å²) in [6, 6.07) is 2.96. The third-order valence-corrected chi connectivity index (χ3v) is 6.18. The molecule has 0 spiro atoms. The van der Waals surface area contributed by atoms with Gasteiger partial charge in [-0.05, 0) is 43.9 Å². The van der Waals surface area contributed by atoms with E-state index in [-0.39, 0.29) is 12.8 Å². The molecule has 0 fully saturated rings. The number of aromatic amines is 1. The van der Waals surface area contributed by atoms with E-state index in [1.807, 2.05) is 30.5 Å². The van der Waals surface area contributed by atoms with Gasteiger partial charge in [-0.2, -0.15) is 11.8 Å². The van der Waals surface area contributed by atoms with Gasteiger partial charge >= 0.3 is 5.97 Å². The van der Waals surface area contributed by atoms with Gasteiger partial charge in [-0.25, -0.2) is 4.79 Å². The molecule has 3 amide bonds. The Bertz CT molecular complexity index is 1040. The van der Waals surface area contributed by atoms with Gasteiger partial charge in [0.15, 0.2) is 0 Å². The molecule has 0 radical (unpaired) electrons. The molecule has 5 unspecified atom stereocenters. The minimum Gasteiger partial charge on any atom is -0.480 e. The number of nitrogens with two attached hydrogens (primary N) is 1. The summed E-state index contributed by atoms with van der Waals surface area (Å²) in [6.07, 6.45) is 2.77. The van der Waals surface area contributed by atoms with Gasteiger partial charge in [0, 0.05) is 23.5 Å². The van der Waals surface area contributed by atoms with Crippen molar-refractivity contribution < 1.29 is 29.4 Å². The van der Waals surface area contributed by atoms with E-state index < -0.39 is 54.0 Å². The maximum atomic E-state index is 12.8. The highest BCUT2D eigenvalue weighted by Gasteiger charge is 2.29. The summed E-state index contributed by atoms with van der Waals surface area (Å²) in [6.45, 7) is 2.79. The lowest BCUT2D eigenvalue weighted by Gasteiger charge is -2.24. The van der Waals surface area contributed by atoms with Gasteiger partial charge in [-0.1, -0.05) is 18.2 Å². The predicted molar refractivity (Wildman–Crippen MR) is 134 cm³/mol. The minimum atomic E-state index is -1.21. The number of nitrogens with one attached hydrogen (secondary N) is 4. The smallest absolute Gasteiger partial charge is 0.326 e. The molecule has 192 valence electrons. The molecule has 1 aromatic carbocycles. The molecule has 0 bridgehead atoms. The summed E-state index contributed by atoms with van der Waals surface area (Å²) in [4.78, 5) is 52.6. The quantitative estimate of drug-likeness (QED) is 0.193. The van der Waals surface area contributed by atoms with Crippen molar-refractivity contribution in [2.45, 2.75) is 57.0 Å². The van der Waals surface area contributed by atoms with E-state index >= 15 is 0 Å². The number of aliphatic carboxylic acids is 1. The Morgan fingerprint density at radius 3 is 2.31 bits per heavy atom. The molecule has 2 aromatic rings. The number of rotatable bonds is 13. The van der Waals surface area contributed by atoms with Gasteiger partial charge in [-0.3, -0.25) is 14.4 Å². The van der Waals surface area contributed by atoms with E-state index in [4.69, 9.17) is 5.73 Å². The summed E-state index contributed by atoms with van der Waals surface area (Å²) >= 11 is 1.47. The molecule has 2 rings (SSSR count). The number of H-pyrrole nitrogens is 1. The van der Waals surface area contributed by atoms with Gasteiger partial charge in [0.2, 0.25) is 17.7 Å². The number of hydrogen-bond acceptors (Lipinski definition) is 7. The van der Waals surface area contributed by atoms with Gasteiger partial charge in [0.25, 0.3) is 0 Å². The number of thioether (sulfide) groups is 1. The maximum absolute atomic E-state index is 12.8. The summed E-state index contributed by atoms with van der Waals surface area (Å²) in [5, 5.41) is 27.5. The number of benzene rings is 1. The van der Waals surface area contributed by atoms with E-state index in [2.05, 4.69) is 20.9 Å². The Morgan fingerprint density at radius 1 is 1.03 bits per heavy atom. The Kier molecular flexibility index (Phi) is 10.6. The molecular formula is C23H33N5O6S. The fraction of sp³-hybridized carbons (Fsp3) is 0.478. The van der Waals surface area contributed by atoms with Crippen LogP contribution in [0.2, 0.25) is 0 Å². The second-order valence-corrected chi connectivity index (χ2v) is 9.29. The van der Waals surface area contributed by atoms with Crippen LogP contribution in [0, 0.1) is 0 Å². The number of aromatic nitrogens is 1. The van der Waals surface area contributed by atoms with Gasteiger partial charge in [0.05, 0.1) is 6.10 Å². The Balaban J connectivity index is 2.03. The number of carboxylic acids is 1. The number of aliphatic hydroxyl groups is 1. The first kappa shape index (κ1) is 28.1. The molecule has 0 saturated heterocycles. The lowest BCUT2D eigenvalue weighted by atomic mass is 10.0. The summed E-state index contributed by atoms with van der Waals surface area (Å²) in [7, 11) is 0. The number of carboxylic acid groups (broad SMARTS) is 1. The zero-order valence-corrected chi connectivity index (χ0v) is 20.7. The van der Waals surface area contributed by atoms with E-state index in [1.165, 1.54) is 25.6 Å². The fourth-order valence-corrected chi connectivity index (χ4v) is 3.86. The summed E-state index contributed by atoms with van der Waals surface area (Å²) in [5.41, 5.74) is 7.23. The molecule has 0 aliphatic heterocycles. The van der Waals surface area contributed by atoms with E-state index in [0.717, 1.165) is 16.5 Å². The largest absolute Gasteiger partial charge is 0.480 e. The average molecular weight is 508 g/mol. The number of hydrogen-bond donors (Lipinski definition) is 7. The Labute approximate surface area is 207 Å². The van der Waals surface area contributed by atoms with Crippen molar-refractivity contribution in [3.8, 4) is 0 Å². The molecule has 1 heterocycles. The van der Waals surface area contributed by atoms with Crippen LogP contribution in [0.1, 0.15) is 25.8 Å². The van der Waals surface area contributed by atoms with Crippen LogP contribution in [0.5, 0.6) is 0 Å². The fourth-order valence-electron chi connectivity index (χ4n) is 3.39. The first-order valence-corrected chi connectivity index (χ1v) is 12.6. The molecule has 8 N–H and O–H groups in total. The van der Waals surface area contributed by atoms with Crippen LogP contribution < -0.4 is 21.7 Å². The predicted octanol–water partition coefficient (Wildman–Crippen LogP) is -0.269. The zero-order valence-electron chi connectivity index (χ0n) is 19.9. The number of carbonyl (C=O) groups excluding carboxylic acids is 3. The molecule has 12 heteroatoms. The number of amides is 3. The molecular weight excluding hydrogens is 474 g/mol. The van der Waals surface area contributed by atoms with Crippen molar-refractivity contribution in [2.75, 3.05) is 12.0 Å². The first-order chi connectivity index (χ1) is 16.5. The Morgan fingerprint density at radius 2 is 1.69 bits per heavy atom. The molecule has 1 aromatic heterocycles. The van der Waals surface area contributed by atoms with E-state index in [0.29, 0.717) is 5.75 Å². The summed E-state index contributed by atoms with van der Waals surface area (Å²) in [5.74, 6) is -2.64. The topological polar surface area (TPSA) is 187 Å². The Hall–Kier alpha value is -3.09. The summed E-state index contributed by atoms with van der Waals surface area (Å²) < 4.78 is 0. The number of carbonyl (C=O) groups is 4. The van der Waals surface area contributed by atoms with Crippen LogP contribution in [-0.2, 0) is 25.6 Å². The van der Waals surface area contributed by atoms with Crippen molar-refractivity contribution in [2.24, 2.45) is 5.73 Å². The number of aliphatic hydroxyl groups excluding tert-OH is 1. The highest BCUT2D eigenvalue weighted by atomic mass is 32.2. The standard InChI is InChI=1S/C23H33N5O6S/c1-12(26-21(31)17(8-9-35-3)27-22(32)19(24)13(2)29)20(30)28-18(23(33)34)10-14-11-25-16-7-5-4-6-15(14)16/h4-7,11-13,17-19,25,29H,8-10,24H2,1-3H3,(H,26,31)(H,27,32)(H,28,30)(H,33,34). The van der Waals surface area contributed by atoms with Crippen LogP contribution in [0.25, 0.3) is 10.9 Å². The van der Waals surface area contributed by atoms with Crippen molar-refractivity contribution >= 4 is 46.4 Å². The molecule has 0 aliphatic carbocycles. The van der Waals surface area contributed by atoms with Crippen LogP contribution in [0.4, 0.5) is 0 Å². The monoisotopic (exact) mass is 507 g/mol. The van der Waals surface area contributed by atoms with Crippen molar-refractivity contribution in [1.82, 2.24) is 20.9 Å². The SMILES string of the molecule is CSCCC(NC(=O)C(N)C(C)O)C(=O)NC(C)C(=O)NC(Cc1c[nH]c2ccccc12)C(=O)O. The van der Waals surface area contributed by atoms with Gasteiger partial charge < -0.3 is 36.9 Å². The average Bonchev–Trinajstić information content (AvgIpc) is 3.23. The maximum Gasteiger partial charge on any atom is 0.326 e. The third-order valence-electron chi connectivity index (χ3n) is 5.53. The highest BCUT2D eigenvalue weighted by Crippen LogP contribution is 2.19.